The number of aliphatic hydroxyl groups is 1. The number of carboxylic acid groups (broad SMARTS) is 1. The van der Waals surface area contributed by atoms with E-state index in [1.54, 1.807) is 0 Å². The SMILES string of the molecule is C[C@@H]1[C@H](C)CC[C@]2(C(=O)O)CC[C@]3(C)C(=CC[C@@H]4[C@@]5(C)CC[C@H](O)C(C)(C)[C@@H]5CC[C@]43C)[C@@H]12. The molecule has 0 saturated heterocycles. The second-order valence-electron chi connectivity index (χ2n) is 14.5. The molecule has 0 unspecified atom stereocenters. The fourth-order valence-corrected chi connectivity index (χ4v) is 10.8. The highest BCUT2D eigenvalue weighted by molar-refractivity contribution is 5.76. The molecule has 0 aromatic carbocycles. The largest absolute Gasteiger partial charge is 0.481 e. The topological polar surface area (TPSA) is 57.5 Å². The molecule has 0 bridgehead atoms. The maximum atomic E-state index is 12.8. The fraction of sp³-hybridized carbons (Fsp3) is 0.900. The van der Waals surface area contributed by atoms with Gasteiger partial charge in [0.2, 0.25) is 0 Å². The Morgan fingerprint density at radius 3 is 2.27 bits per heavy atom. The first kappa shape index (κ1) is 23.9. The zero-order valence-electron chi connectivity index (χ0n) is 22.2. The van der Waals surface area contributed by atoms with Crippen molar-refractivity contribution in [2.24, 2.45) is 56.7 Å². The van der Waals surface area contributed by atoms with Gasteiger partial charge in [0.1, 0.15) is 0 Å². The molecule has 0 aromatic heterocycles. The van der Waals surface area contributed by atoms with E-state index in [0.717, 1.165) is 44.9 Å². The first-order chi connectivity index (χ1) is 15.3. The van der Waals surface area contributed by atoms with Gasteiger partial charge in [0.05, 0.1) is 11.5 Å². The summed E-state index contributed by atoms with van der Waals surface area (Å²) in [7, 11) is 0. The van der Waals surface area contributed by atoms with Crippen LogP contribution < -0.4 is 0 Å². The lowest BCUT2D eigenvalue weighted by atomic mass is 9.33. The Kier molecular flexibility index (Phi) is 5.15. The summed E-state index contributed by atoms with van der Waals surface area (Å²) in [6.45, 7) is 17.0. The number of carbonyl (C=O) groups is 1. The van der Waals surface area contributed by atoms with Gasteiger partial charge >= 0.3 is 5.97 Å². The van der Waals surface area contributed by atoms with Gasteiger partial charge in [-0.3, -0.25) is 4.79 Å². The lowest BCUT2D eigenvalue weighted by molar-refractivity contribution is -0.206. The summed E-state index contributed by atoms with van der Waals surface area (Å²) in [5, 5.41) is 21.4. The molecule has 4 fully saturated rings. The Morgan fingerprint density at radius 1 is 0.909 bits per heavy atom. The average molecular weight is 457 g/mol. The number of fused-ring (bicyclic) bond motifs is 7. The highest BCUT2D eigenvalue weighted by Gasteiger charge is 2.69. The molecular weight excluding hydrogens is 408 g/mol. The van der Waals surface area contributed by atoms with Crippen LogP contribution in [0.4, 0.5) is 0 Å². The van der Waals surface area contributed by atoms with E-state index < -0.39 is 11.4 Å². The van der Waals surface area contributed by atoms with E-state index in [2.05, 4.69) is 54.5 Å². The number of allylic oxidation sites excluding steroid dienone is 2. The van der Waals surface area contributed by atoms with Crippen molar-refractivity contribution in [1.82, 2.24) is 0 Å². The van der Waals surface area contributed by atoms with Crippen LogP contribution in [0.2, 0.25) is 0 Å². The van der Waals surface area contributed by atoms with Gasteiger partial charge in [-0.1, -0.05) is 60.1 Å². The van der Waals surface area contributed by atoms with Gasteiger partial charge in [-0.15, -0.1) is 0 Å². The molecule has 10 atom stereocenters. The second kappa shape index (κ2) is 7.11. The summed E-state index contributed by atoms with van der Waals surface area (Å²) in [6.07, 6.45) is 11.6. The van der Waals surface area contributed by atoms with E-state index >= 15 is 0 Å². The molecule has 0 heterocycles. The van der Waals surface area contributed by atoms with Crippen LogP contribution >= 0.6 is 0 Å². The van der Waals surface area contributed by atoms with Crippen molar-refractivity contribution in [3.05, 3.63) is 11.6 Å². The van der Waals surface area contributed by atoms with Gasteiger partial charge in [-0.25, -0.2) is 0 Å². The third-order valence-electron chi connectivity index (χ3n) is 13.4. The van der Waals surface area contributed by atoms with Gasteiger partial charge in [0, 0.05) is 0 Å². The van der Waals surface area contributed by atoms with E-state index in [9.17, 15) is 15.0 Å². The number of rotatable bonds is 1. The van der Waals surface area contributed by atoms with Crippen LogP contribution in [0.5, 0.6) is 0 Å². The summed E-state index contributed by atoms with van der Waals surface area (Å²) in [5.41, 5.74) is 1.46. The first-order valence-electron chi connectivity index (χ1n) is 13.9. The molecule has 5 aliphatic carbocycles. The first-order valence-corrected chi connectivity index (χ1v) is 13.9. The van der Waals surface area contributed by atoms with Gasteiger partial charge in [-0.2, -0.15) is 0 Å². The Bertz CT molecular complexity index is 874. The summed E-state index contributed by atoms with van der Waals surface area (Å²) in [6, 6.07) is 0. The van der Waals surface area contributed by atoms with Crippen molar-refractivity contribution in [1.29, 1.82) is 0 Å². The fourth-order valence-electron chi connectivity index (χ4n) is 10.8. The molecule has 0 radical (unpaired) electrons. The number of hydrogen-bond donors (Lipinski definition) is 2. The molecule has 2 N–H and O–H groups in total. The molecule has 0 aromatic rings. The zero-order chi connectivity index (χ0) is 24.2. The molecule has 186 valence electrons. The maximum absolute atomic E-state index is 12.8. The lowest BCUT2D eigenvalue weighted by Gasteiger charge is -2.71. The molecule has 0 spiro atoms. The molecular formula is C30H48O3. The van der Waals surface area contributed by atoms with E-state index in [0.29, 0.717) is 23.7 Å². The molecule has 5 rings (SSSR count). The average Bonchev–Trinajstić information content (AvgIpc) is 2.74. The van der Waals surface area contributed by atoms with Crippen LogP contribution in [-0.2, 0) is 4.79 Å². The molecule has 5 aliphatic rings. The van der Waals surface area contributed by atoms with Crippen LogP contribution in [0.3, 0.4) is 0 Å². The van der Waals surface area contributed by atoms with E-state index in [1.807, 2.05) is 0 Å². The van der Waals surface area contributed by atoms with Crippen molar-refractivity contribution in [3.63, 3.8) is 0 Å². The van der Waals surface area contributed by atoms with Crippen LogP contribution in [0, 0.1) is 56.7 Å². The third-order valence-corrected chi connectivity index (χ3v) is 13.4. The highest BCUT2D eigenvalue weighted by atomic mass is 16.4. The van der Waals surface area contributed by atoms with Gasteiger partial charge < -0.3 is 10.2 Å². The monoisotopic (exact) mass is 456 g/mol. The Balaban J connectivity index is 1.61. The number of hydrogen-bond acceptors (Lipinski definition) is 2. The summed E-state index contributed by atoms with van der Waals surface area (Å²) in [5.74, 6) is 1.82. The predicted molar refractivity (Wildman–Crippen MR) is 133 cm³/mol. The Hall–Kier alpha value is -0.830. The third kappa shape index (κ3) is 2.75. The summed E-state index contributed by atoms with van der Waals surface area (Å²) >= 11 is 0. The second-order valence-corrected chi connectivity index (χ2v) is 14.5. The van der Waals surface area contributed by atoms with Crippen molar-refractivity contribution in [3.8, 4) is 0 Å². The minimum Gasteiger partial charge on any atom is -0.481 e. The summed E-state index contributed by atoms with van der Waals surface area (Å²) < 4.78 is 0. The van der Waals surface area contributed by atoms with Crippen LogP contribution in [0.15, 0.2) is 11.6 Å². The van der Waals surface area contributed by atoms with Crippen LogP contribution in [-0.4, -0.2) is 22.3 Å². The van der Waals surface area contributed by atoms with Crippen molar-refractivity contribution in [2.45, 2.75) is 112 Å². The Morgan fingerprint density at radius 2 is 1.61 bits per heavy atom. The van der Waals surface area contributed by atoms with Crippen molar-refractivity contribution < 1.29 is 15.0 Å². The normalized spacial score (nSPS) is 55.3. The minimum absolute atomic E-state index is 0.0302. The Labute approximate surface area is 201 Å². The predicted octanol–water partition coefficient (Wildman–Crippen LogP) is 7.09. The molecule has 0 aliphatic heterocycles. The minimum atomic E-state index is -0.557. The smallest absolute Gasteiger partial charge is 0.310 e. The number of carboxylic acids is 1. The molecule has 33 heavy (non-hydrogen) atoms. The highest BCUT2D eigenvalue weighted by Crippen LogP contribution is 2.75. The van der Waals surface area contributed by atoms with Gasteiger partial charge in [-0.05, 0) is 109 Å². The quantitative estimate of drug-likeness (QED) is 0.414. The number of aliphatic carboxylic acids is 1. The zero-order valence-corrected chi connectivity index (χ0v) is 22.2. The summed E-state index contributed by atoms with van der Waals surface area (Å²) in [4.78, 5) is 12.8. The maximum Gasteiger partial charge on any atom is 0.310 e. The van der Waals surface area contributed by atoms with Gasteiger partial charge in [0.15, 0.2) is 0 Å². The van der Waals surface area contributed by atoms with Crippen molar-refractivity contribution >= 4 is 5.97 Å². The lowest BCUT2D eigenvalue weighted by Crippen LogP contribution is -2.65. The van der Waals surface area contributed by atoms with Crippen molar-refractivity contribution in [2.75, 3.05) is 0 Å². The van der Waals surface area contributed by atoms with Gasteiger partial charge in [0.25, 0.3) is 0 Å². The van der Waals surface area contributed by atoms with E-state index in [-0.39, 0.29) is 33.7 Å². The molecule has 4 saturated carbocycles. The van der Waals surface area contributed by atoms with E-state index in [4.69, 9.17) is 0 Å². The van der Waals surface area contributed by atoms with E-state index in [1.165, 1.54) is 18.4 Å². The number of aliphatic hydroxyl groups excluding tert-OH is 1. The standard InChI is InChI=1S/C30H48O3/c1-18-10-15-30(25(32)33)17-16-28(6)20(24(30)19(18)2)8-9-22-27(5)13-12-23(31)26(3,4)21(27)11-14-29(22,28)7/h8,18-19,21-24,31H,9-17H2,1-7H3,(H,32,33)/t18-,19-,21+,22-,23+,24-,27+,28-,29-,30+/m1/s1. The molecule has 3 heteroatoms. The molecule has 0 amide bonds. The molecule has 3 nitrogen and oxygen atoms in total. The van der Waals surface area contributed by atoms with Crippen LogP contribution in [0.1, 0.15) is 106 Å². The van der Waals surface area contributed by atoms with Crippen LogP contribution in [0.25, 0.3) is 0 Å².